The fourth-order valence-electron chi connectivity index (χ4n) is 1.71. The molecule has 3 nitrogen and oxygen atoms in total. The molecule has 1 aromatic carbocycles. The van der Waals surface area contributed by atoms with E-state index in [-0.39, 0.29) is 11.3 Å². The summed E-state index contributed by atoms with van der Waals surface area (Å²) in [5, 5.41) is 0. The number of methoxy groups -OCH3 is 1. The molecular weight excluding hydrogens is 233 g/mol. The van der Waals surface area contributed by atoms with Gasteiger partial charge in [-0.2, -0.15) is 0 Å². The minimum Gasteiger partial charge on any atom is -0.496 e. The first kappa shape index (κ1) is 12.2. The van der Waals surface area contributed by atoms with Crippen LogP contribution in [-0.4, -0.2) is 17.9 Å². The van der Waals surface area contributed by atoms with Crippen LogP contribution < -0.4 is 4.74 Å². The van der Waals surface area contributed by atoms with Gasteiger partial charge in [0.2, 0.25) is 5.78 Å². The van der Waals surface area contributed by atoms with Crippen molar-refractivity contribution in [1.82, 2.24) is 4.98 Å². The lowest BCUT2D eigenvalue weighted by atomic mass is 10.0. The first-order chi connectivity index (χ1) is 8.63. The van der Waals surface area contributed by atoms with Crippen LogP contribution in [0.25, 0.3) is 0 Å². The van der Waals surface area contributed by atoms with Gasteiger partial charge in [0, 0.05) is 6.20 Å². The molecule has 0 saturated heterocycles. The van der Waals surface area contributed by atoms with Crippen molar-refractivity contribution in [3.63, 3.8) is 0 Å². The number of hydrogen-bond acceptors (Lipinski definition) is 3. The Balaban J connectivity index is 2.52. The van der Waals surface area contributed by atoms with Gasteiger partial charge < -0.3 is 4.74 Å². The zero-order chi connectivity index (χ0) is 13.1. The molecule has 0 N–H and O–H groups in total. The molecule has 0 fully saturated rings. The minimum absolute atomic E-state index is 0.180. The molecule has 92 valence electrons. The van der Waals surface area contributed by atoms with E-state index in [1.807, 2.05) is 0 Å². The zero-order valence-corrected chi connectivity index (χ0v) is 10.1. The Kier molecular flexibility index (Phi) is 3.37. The molecule has 18 heavy (non-hydrogen) atoms. The molecule has 0 radical (unpaired) electrons. The molecular formula is C14H12FNO2. The number of nitrogens with zero attached hydrogens (tertiary/aromatic N) is 1. The van der Waals surface area contributed by atoms with Crippen LogP contribution in [0, 0.1) is 12.7 Å². The molecule has 0 spiro atoms. The number of benzene rings is 1. The lowest BCUT2D eigenvalue weighted by Gasteiger charge is -2.08. The summed E-state index contributed by atoms with van der Waals surface area (Å²) < 4.78 is 18.3. The van der Waals surface area contributed by atoms with E-state index in [1.54, 1.807) is 19.1 Å². The molecule has 0 atom stereocenters. The summed E-state index contributed by atoms with van der Waals surface area (Å²) in [6.07, 6.45) is 1.53. The van der Waals surface area contributed by atoms with E-state index in [9.17, 15) is 9.18 Å². The van der Waals surface area contributed by atoms with Gasteiger partial charge in [-0.25, -0.2) is 4.39 Å². The topological polar surface area (TPSA) is 39.2 Å². The van der Waals surface area contributed by atoms with E-state index in [2.05, 4.69) is 4.98 Å². The van der Waals surface area contributed by atoms with Crippen molar-refractivity contribution in [2.45, 2.75) is 6.92 Å². The van der Waals surface area contributed by atoms with E-state index >= 15 is 0 Å². The molecule has 0 aliphatic carbocycles. The number of ketones is 1. The molecule has 1 aromatic heterocycles. The molecule has 0 saturated carbocycles. The van der Waals surface area contributed by atoms with Crippen LogP contribution in [0.5, 0.6) is 5.75 Å². The van der Waals surface area contributed by atoms with E-state index < -0.39 is 5.82 Å². The highest BCUT2D eigenvalue weighted by Gasteiger charge is 2.18. The smallest absolute Gasteiger partial charge is 0.215 e. The first-order valence-electron chi connectivity index (χ1n) is 5.43. The summed E-state index contributed by atoms with van der Waals surface area (Å²) in [4.78, 5) is 16.3. The number of aromatic nitrogens is 1. The van der Waals surface area contributed by atoms with Gasteiger partial charge in [0.05, 0.1) is 12.7 Å². The quantitative estimate of drug-likeness (QED) is 0.780. The average Bonchev–Trinajstić information content (AvgIpc) is 2.38. The number of halogens is 1. The Labute approximate surface area is 104 Å². The van der Waals surface area contributed by atoms with Crippen LogP contribution in [0.3, 0.4) is 0 Å². The van der Waals surface area contributed by atoms with Crippen molar-refractivity contribution in [1.29, 1.82) is 0 Å². The van der Waals surface area contributed by atoms with E-state index in [4.69, 9.17) is 4.74 Å². The fourth-order valence-corrected chi connectivity index (χ4v) is 1.71. The summed E-state index contributed by atoms with van der Waals surface area (Å²) in [5.74, 6) is -0.483. The van der Waals surface area contributed by atoms with Gasteiger partial charge in [0.15, 0.2) is 0 Å². The number of ether oxygens (including phenoxy) is 1. The minimum atomic E-state index is -0.479. The standard InChI is InChI=1S/C14H12FNO2/c1-9-4-3-7-16-13(9)14(17)11-8-10(15)5-6-12(11)18-2/h3-8H,1-2H3. The number of hydrogen-bond donors (Lipinski definition) is 0. The highest BCUT2D eigenvalue weighted by molar-refractivity contribution is 6.10. The molecule has 2 aromatic rings. The Bertz CT molecular complexity index is 596. The Morgan fingerprint density at radius 2 is 2.11 bits per heavy atom. The molecule has 0 aliphatic heterocycles. The van der Waals surface area contributed by atoms with Crippen molar-refractivity contribution < 1.29 is 13.9 Å². The predicted octanol–water partition coefficient (Wildman–Crippen LogP) is 2.77. The highest BCUT2D eigenvalue weighted by Crippen LogP contribution is 2.22. The van der Waals surface area contributed by atoms with Gasteiger partial charge in [-0.3, -0.25) is 9.78 Å². The zero-order valence-electron chi connectivity index (χ0n) is 10.1. The van der Waals surface area contributed by atoms with E-state index in [0.717, 1.165) is 11.6 Å². The van der Waals surface area contributed by atoms with Crippen LogP contribution in [-0.2, 0) is 0 Å². The molecule has 0 aliphatic rings. The maximum Gasteiger partial charge on any atom is 0.215 e. The predicted molar refractivity (Wildman–Crippen MR) is 65.4 cm³/mol. The summed E-state index contributed by atoms with van der Waals surface area (Å²) >= 11 is 0. The van der Waals surface area contributed by atoms with Gasteiger partial charge >= 0.3 is 0 Å². The second-order valence-electron chi connectivity index (χ2n) is 3.84. The second kappa shape index (κ2) is 4.96. The largest absolute Gasteiger partial charge is 0.496 e. The van der Waals surface area contributed by atoms with Crippen molar-refractivity contribution in [3.05, 3.63) is 59.2 Å². The Morgan fingerprint density at radius 1 is 1.33 bits per heavy atom. The number of carbonyl (C=O) groups is 1. The maximum absolute atomic E-state index is 13.2. The third-order valence-corrected chi connectivity index (χ3v) is 2.63. The van der Waals surface area contributed by atoms with Gasteiger partial charge in [-0.15, -0.1) is 0 Å². The monoisotopic (exact) mass is 245 g/mol. The molecule has 2 rings (SSSR count). The van der Waals surface area contributed by atoms with Crippen LogP contribution in [0.1, 0.15) is 21.6 Å². The molecule has 0 amide bonds. The van der Waals surface area contributed by atoms with E-state index in [1.165, 1.54) is 25.4 Å². The summed E-state index contributed by atoms with van der Waals surface area (Å²) in [6.45, 7) is 1.78. The fraction of sp³-hybridized carbons (Fsp3) is 0.143. The summed E-state index contributed by atoms with van der Waals surface area (Å²) in [7, 11) is 1.44. The van der Waals surface area contributed by atoms with Crippen molar-refractivity contribution in [2.75, 3.05) is 7.11 Å². The van der Waals surface area contributed by atoms with Crippen molar-refractivity contribution in [3.8, 4) is 5.75 Å². The maximum atomic E-state index is 13.2. The number of aryl methyl sites for hydroxylation is 1. The average molecular weight is 245 g/mol. The Hall–Kier alpha value is -2.23. The summed E-state index contributed by atoms with van der Waals surface area (Å²) in [6, 6.07) is 7.37. The van der Waals surface area contributed by atoms with Gasteiger partial charge in [0.1, 0.15) is 17.3 Å². The third-order valence-electron chi connectivity index (χ3n) is 2.63. The number of rotatable bonds is 3. The van der Waals surface area contributed by atoms with Gasteiger partial charge in [0.25, 0.3) is 0 Å². The molecule has 0 bridgehead atoms. The molecule has 1 heterocycles. The first-order valence-corrected chi connectivity index (χ1v) is 5.43. The number of pyridine rings is 1. The Morgan fingerprint density at radius 3 is 2.78 bits per heavy atom. The highest BCUT2D eigenvalue weighted by atomic mass is 19.1. The van der Waals surface area contributed by atoms with Crippen molar-refractivity contribution >= 4 is 5.78 Å². The van der Waals surface area contributed by atoms with Gasteiger partial charge in [-0.1, -0.05) is 6.07 Å². The normalized spacial score (nSPS) is 10.2. The molecule has 4 heteroatoms. The van der Waals surface area contributed by atoms with Crippen LogP contribution in [0.4, 0.5) is 4.39 Å². The lowest BCUT2D eigenvalue weighted by Crippen LogP contribution is -2.08. The van der Waals surface area contributed by atoms with Gasteiger partial charge in [-0.05, 0) is 36.8 Å². The van der Waals surface area contributed by atoms with E-state index in [0.29, 0.717) is 11.4 Å². The van der Waals surface area contributed by atoms with Crippen LogP contribution >= 0.6 is 0 Å². The SMILES string of the molecule is COc1ccc(F)cc1C(=O)c1ncccc1C. The van der Waals surface area contributed by atoms with Crippen LogP contribution in [0.15, 0.2) is 36.5 Å². The third kappa shape index (κ3) is 2.22. The second-order valence-corrected chi connectivity index (χ2v) is 3.84. The molecule has 0 unspecified atom stereocenters. The van der Waals surface area contributed by atoms with Crippen molar-refractivity contribution in [2.24, 2.45) is 0 Å². The summed E-state index contributed by atoms with van der Waals surface area (Å²) in [5.41, 5.74) is 1.23. The number of carbonyl (C=O) groups excluding carboxylic acids is 1. The lowest BCUT2D eigenvalue weighted by molar-refractivity contribution is 0.103. The van der Waals surface area contributed by atoms with Crippen LogP contribution in [0.2, 0.25) is 0 Å².